The van der Waals surface area contributed by atoms with Crippen molar-refractivity contribution in [1.82, 2.24) is 10.6 Å². The fourth-order valence-electron chi connectivity index (χ4n) is 1.69. The van der Waals surface area contributed by atoms with Crippen LogP contribution in [0.2, 0.25) is 0 Å². The quantitative estimate of drug-likeness (QED) is 0.748. The van der Waals surface area contributed by atoms with Crippen molar-refractivity contribution >= 4 is 11.8 Å². The lowest BCUT2D eigenvalue weighted by molar-refractivity contribution is -0.128. The van der Waals surface area contributed by atoms with Crippen LogP contribution in [0.5, 0.6) is 11.5 Å². The van der Waals surface area contributed by atoms with E-state index in [2.05, 4.69) is 10.6 Å². The van der Waals surface area contributed by atoms with Gasteiger partial charge in [0.25, 0.3) is 5.91 Å². The molecule has 0 unspecified atom stereocenters. The van der Waals surface area contributed by atoms with Gasteiger partial charge in [0.2, 0.25) is 5.91 Å². The van der Waals surface area contributed by atoms with Gasteiger partial charge in [-0.15, -0.1) is 0 Å². The molecule has 0 aliphatic rings. The van der Waals surface area contributed by atoms with Crippen LogP contribution in [0.25, 0.3) is 0 Å². The number of nitrogens with one attached hydrogen (secondary N) is 2. The fourth-order valence-corrected chi connectivity index (χ4v) is 1.69. The molecule has 1 aromatic carbocycles. The maximum absolute atomic E-state index is 12.0. The van der Waals surface area contributed by atoms with Gasteiger partial charge in [-0.2, -0.15) is 0 Å². The summed E-state index contributed by atoms with van der Waals surface area (Å²) in [6, 6.07) is 4.65. The van der Waals surface area contributed by atoms with Crippen molar-refractivity contribution in [3.63, 3.8) is 0 Å². The molecule has 0 bridgehead atoms. The Kier molecular flexibility index (Phi) is 4.96. The zero-order valence-electron chi connectivity index (χ0n) is 12.1. The molecule has 0 heterocycles. The molecule has 6 nitrogen and oxygen atoms in total. The van der Waals surface area contributed by atoms with Crippen LogP contribution in [0.15, 0.2) is 18.2 Å². The van der Waals surface area contributed by atoms with Crippen LogP contribution >= 0.6 is 0 Å². The standard InChI is InChI=1S/C14H20N2O4/c1-14(2,13(19)15-3)8-16-12(18)9-6-5-7-10(20-4)11(9)17/h5-7,17H,8H2,1-4H3,(H,15,19)(H,16,18). The number of aromatic hydroxyl groups is 1. The monoisotopic (exact) mass is 280 g/mol. The number of para-hydroxylation sites is 1. The maximum Gasteiger partial charge on any atom is 0.255 e. The molecule has 1 aromatic rings. The topological polar surface area (TPSA) is 87.7 Å². The zero-order chi connectivity index (χ0) is 15.3. The van der Waals surface area contributed by atoms with E-state index >= 15 is 0 Å². The molecule has 0 aliphatic carbocycles. The summed E-state index contributed by atoms with van der Waals surface area (Å²) in [5, 5.41) is 15.0. The van der Waals surface area contributed by atoms with Crippen molar-refractivity contribution in [3.05, 3.63) is 23.8 Å². The summed E-state index contributed by atoms with van der Waals surface area (Å²) in [6.07, 6.45) is 0. The Morgan fingerprint density at radius 3 is 2.55 bits per heavy atom. The van der Waals surface area contributed by atoms with Gasteiger partial charge in [-0.25, -0.2) is 0 Å². The first-order valence-corrected chi connectivity index (χ1v) is 6.20. The Labute approximate surface area is 118 Å². The molecule has 0 fully saturated rings. The molecule has 0 spiro atoms. The average Bonchev–Trinajstić information content (AvgIpc) is 2.44. The lowest BCUT2D eigenvalue weighted by Gasteiger charge is -2.23. The molecule has 0 atom stereocenters. The minimum absolute atomic E-state index is 0.108. The number of phenols is 1. The number of hydrogen-bond donors (Lipinski definition) is 3. The van der Waals surface area contributed by atoms with Crippen LogP contribution in [0.4, 0.5) is 0 Å². The van der Waals surface area contributed by atoms with Gasteiger partial charge in [0.15, 0.2) is 11.5 Å². The van der Waals surface area contributed by atoms with E-state index in [1.807, 2.05) is 0 Å². The van der Waals surface area contributed by atoms with Gasteiger partial charge in [0, 0.05) is 13.6 Å². The number of benzene rings is 1. The summed E-state index contributed by atoms with van der Waals surface area (Å²) < 4.78 is 4.94. The molecule has 0 saturated carbocycles. The minimum Gasteiger partial charge on any atom is -0.504 e. The first-order valence-electron chi connectivity index (χ1n) is 6.20. The highest BCUT2D eigenvalue weighted by molar-refractivity contribution is 5.98. The predicted octanol–water partition coefficient (Wildman–Crippen LogP) is 0.903. The van der Waals surface area contributed by atoms with Crippen molar-refractivity contribution in [1.29, 1.82) is 0 Å². The van der Waals surface area contributed by atoms with Crippen molar-refractivity contribution < 1.29 is 19.4 Å². The molecule has 0 aliphatic heterocycles. The smallest absolute Gasteiger partial charge is 0.255 e. The van der Waals surface area contributed by atoms with E-state index in [0.717, 1.165) is 0 Å². The Hall–Kier alpha value is -2.24. The molecular formula is C14H20N2O4. The molecule has 6 heteroatoms. The fraction of sp³-hybridized carbons (Fsp3) is 0.429. The highest BCUT2D eigenvalue weighted by atomic mass is 16.5. The Morgan fingerprint density at radius 2 is 2.00 bits per heavy atom. The number of carbonyl (C=O) groups is 2. The van der Waals surface area contributed by atoms with Crippen LogP contribution in [0.1, 0.15) is 24.2 Å². The number of carbonyl (C=O) groups excluding carboxylic acids is 2. The van der Waals surface area contributed by atoms with Crippen molar-refractivity contribution in [2.75, 3.05) is 20.7 Å². The molecule has 3 N–H and O–H groups in total. The highest BCUT2D eigenvalue weighted by Crippen LogP contribution is 2.29. The Morgan fingerprint density at radius 1 is 1.35 bits per heavy atom. The largest absolute Gasteiger partial charge is 0.504 e. The number of phenolic OH excluding ortho intramolecular Hbond substituents is 1. The summed E-state index contributed by atoms with van der Waals surface area (Å²) in [7, 11) is 2.95. The summed E-state index contributed by atoms with van der Waals surface area (Å²) in [5.74, 6) is -0.625. The van der Waals surface area contributed by atoms with Crippen LogP contribution < -0.4 is 15.4 Å². The molecule has 20 heavy (non-hydrogen) atoms. The van der Waals surface area contributed by atoms with Crippen molar-refractivity contribution in [2.24, 2.45) is 5.41 Å². The summed E-state index contributed by atoms with van der Waals surface area (Å²) in [4.78, 5) is 23.7. The first-order chi connectivity index (χ1) is 9.33. The molecule has 110 valence electrons. The number of ether oxygens (including phenoxy) is 1. The second-order valence-electron chi connectivity index (χ2n) is 5.00. The van der Waals surface area contributed by atoms with Crippen molar-refractivity contribution in [3.8, 4) is 11.5 Å². The molecule has 0 aromatic heterocycles. The molecular weight excluding hydrogens is 260 g/mol. The number of hydrogen-bond acceptors (Lipinski definition) is 4. The van der Waals surface area contributed by atoms with Gasteiger partial charge in [0.05, 0.1) is 18.1 Å². The second kappa shape index (κ2) is 6.27. The van der Waals surface area contributed by atoms with Gasteiger partial charge in [-0.3, -0.25) is 9.59 Å². The lowest BCUT2D eigenvalue weighted by Crippen LogP contribution is -2.43. The van der Waals surface area contributed by atoms with E-state index in [1.54, 1.807) is 33.0 Å². The van der Waals surface area contributed by atoms with E-state index < -0.39 is 11.3 Å². The molecule has 2 amide bonds. The molecule has 1 rings (SSSR count). The average molecular weight is 280 g/mol. The summed E-state index contributed by atoms with van der Waals surface area (Å²) >= 11 is 0. The lowest BCUT2D eigenvalue weighted by atomic mass is 9.92. The number of amides is 2. The van der Waals surface area contributed by atoms with Crippen LogP contribution in [-0.4, -0.2) is 37.6 Å². The highest BCUT2D eigenvalue weighted by Gasteiger charge is 2.27. The Bertz CT molecular complexity index is 512. The van der Waals surface area contributed by atoms with E-state index in [4.69, 9.17) is 4.74 Å². The number of methoxy groups -OCH3 is 1. The SMILES string of the molecule is CNC(=O)C(C)(C)CNC(=O)c1cccc(OC)c1O. The summed E-state index contributed by atoms with van der Waals surface area (Å²) in [6.45, 7) is 3.59. The first kappa shape index (κ1) is 15.8. The predicted molar refractivity (Wildman–Crippen MR) is 74.8 cm³/mol. The van der Waals surface area contributed by atoms with E-state index in [9.17, 15) is 14.7 Å². The van der Waals surface area contributed by atoms with Gasteiger partial charge < -0.3 is 20.5 Å². The third-order valence-corrected chi connectivity index (χ3v) is 3.00. The Balaban J connectivity index is 2.80. The summed E-state index contributed by atoms with van der Waals surface area (Å²) in [5.41, 5.74) is -0.629. The van der Waals surface area contributed by atoms with Crippen LogP contribution in [0.3, 0.4) is 0 Å². The van der Waals surface area contributed by atoms with Gasteiger partial charge in [-0.05, 0) is 26.0 Å². The van der Waals surface area contributed by atoms with Crippen molar-refractivity contribution in [2.45, 2.75) is 13.8 Å². The molecule has 0 radical (unpaired) electrons. The van der Waals surface area contributed by atoms with E-state index in [-0.39, 0.29) is 29.5 Å². The van der Waals surface area contributed by atoms with E-state index in [1.165, 1.54) is 13.2 Å². The second-order valence-corrected chi connectivity index (χ2v) is 5.00. The maximum atomic E-state index is 12.0. The van der Waals surface area contributed by atoms with Crippen LogP contribution in [-0.2, 0) is 4.79 Å². The van der Waals surface area contributed by atoms with E-state index in [0.29, 0.717) is 0 Å². The third kappa shape index (κ3) is 3.40. The minimum atomic E-state index is -0.737. The number of rotatable bonds is 5. The van der Waals surface area contributed by atoms with Gasteiger partial charge in [0.1, 0.15) is 0 Å². The zero-order valence-corrected chi connectivity index (χ0v) is 12.1. The van der Waals surface area contributed by atoms with Gasteiger partial charge in [-0.1, -0.05) is 6.07 Å². The van der Waals surface area contributed by atoms with Gasteiger partial charge >= 0.3 is 0 Å². The van der Waals surface area contributed by atoms with Crippen LogP contribution in [0, 0.1) is 5.41 Å². The normalized spacial score (nSPS) is 10.8. The molecule has 0 saturated heterocycles. The third-order valence-electron chi connectivity index (χ3n) is 3.00.